The fourth-order valence-corrected chi connectivity index (χ4v) is 3.95. The van der Waals surface area contributed by atoms with Crippen molar-refractivity contribution in [3.8, 4) is 5.75 Å². The summed E-state index contributed by atoms with van der Waals surface area (Å²) < 4.78 is 5.88. The van der Waals surface area contributed by atoms with Crippen molar-refractivity contribution in [1.82, 2.24) is 15.1 Å². The SMILES string of the molecule is O=C(CN1CCCN(C(=O)c2ccccc2)CC1)NCC1Cc2ccccc2O1. The summed E-state index contributed by atoms with van der Waals surface area (Å²) >= 11 is 0. The van der Waals surface area contributed by atoms with Gasteiger partial charge in [-0.15, -0.1) is 0 Å². The van der Waals surface area contributed by atoms with Gasteiger partial charge < -0.3 is 15.0 Å². The van der Waals surface area contributed by atoms with Crippen molar-refractivity contribution < 1.29 is 14.3 Å². The Hall–Kier alpha value is -2.86. The molecule has 29 heavy (non-hydrogen) atoms. The zero-order valence-corrected chi connectivity index (χ0v) is 16.5. The summed E-state index contributed by atoms with van der Waals surface area (Å²) in [6, 6.07) is 17.4. The van der Waals surface area contributed by atoms with E-state index in [0.717, 1.165) is 37.2 Å². The number of carbonyl (C=O) groups is 2. The fourth-order valence-electron chi connectivity index (χ4n) is 3.95. The molecule has 2 aromatic carbocycles. The van der Waals surface area contributed by atoms with Crippen LogP contribution in [0, 0.1) is 0 Å². The van der Waals surface area contributed by atoms with Crippen LogP contribution in [0.15, 0.2) is 54.6 Å². The topological polar surface area (TPSA) is 61.9 Å². The van der Waals surface area contributed by atoms with Crippen molar-refractivity contribution >= 4 is 11.8 Å². The predicted molar refractivity (Wildman–Crippen MR) is 111 cm³/mol. The van der Waals surface area contributed by atoms with Gasteiger partial charge in [0, 0.05) is 38.2 Å². The van der Waals surface area contributed by atoms with Crippen molar-refractivity contribution in [3.05, 3.63) is 65.7 Å². The molecule has 1 unspecified atom stereocenters. The number of hydrogen-bond acceptors (Lipinski definition) is 4. The first-order chi connectivity index (χ1) is 14.2. The van der Waals surface area contributed by atoms with E-state index in [0.29, 0.717) is 26.2 Å². The van der Waals surface area contributed by atoms with Crippen LogP contribution in [0.1, 0.15) is 22.3 Å². The first-order valence-electron chi connectivity index (χ1n) is 10.3. The minimum atomic E-state index is -0.000492. The van der Waals surface area contributed by atoms with Crippen LogP contribution >= 0.6 is 0 Å². The van der Waals surface area contributed by atoms with Gasteiger partial charge >= 0.3 is 0 Å². The Morgan fingerprint density at radius 2 is 1.76 bits per heavy atom. The quantitative estimate of drug-likeness (QED) is 0.844. The normalized spacial score (nSPS) is 19.2. The minimum absolute atomic E-state index is 0.000492. The molecule has 0 saturated carbocycles. The van der Waals surface area contributed by atoms with Crippen LogP contribution < -0.4 is 10.1 Å². The van der Waals surface area contributed by atoms with Gasteiger partial charge in [0.25, 0.3) is 5.91 Å². The molecule has 6 nitrogen and oxygen atoms in total. The van der Waals surface area contributed by atoms with Crippen molar-refractivity contribution in [2.75, 3.05) is 39.3 Å². The second-order valence-electron chi connectivity index (χ2n) is 7.64. The molecule has 1 atom stereocenters. The second-order valence-corrected chi connectivity index (χ2v) is 7.64. The Morgan fingerprint density at radius 1 is 0.966 bits per heavy atom. The summed E-state index contributed by atoms with van der Waals surface area (Å²) in [5.41, 5.74) is 1.92. The third-order valence-electron chi connectivity index (χ3n) is 5.50. The van der Waals surface area contributed by atoms with E-state index in [9.17, 15) is 9.59 Å². The smallest absolute Gasteiger partial charge is 0.253 e. The van der Waals surface area contributed by atoms with Gasteiger partial charge in [0.15, 0.2) is 0 Å². The number of fused-ring (bicyclic) bond motifs is 1. The van der Waals surface area contributed by atoms with E-state index in [1.165, 1.54) is 5.56 Å². The van der Waals surface area contributed by atoms with Gasteiger partial charge in [-0.2, -0.15) is 0 Å². The standard InChI is InChI=1S/C23H27N3O3/c27-22(24-16-20-15-19-9-4-5-10-21(19)29-20)17-25-11-6-12-26(14-13-25)23(28)18-7-2-1-3-8-18/h1-5,7-10,20H,6,11-17H2,(H,24,27). The van der Waals surface area contributed by atoms with E-state index < -0.39 is 0 Å². The largest absolute Gasteiger partial charge is 0.488 e. The lowest BCUT2D eigenvalue weighted by Crippen LogP contribution is -2.42. The lowest BCUT2D eigenvalue weighted by Gasteiger charge is -2.22. The van der Waals surface area contributed by atoms with Gasteiger partial charge in [-0.1, -0.05) is 36.4 Å². The summed E-state index contributed by atoms with van der Waals surface area (Å²) in [6.07, 6.45) is 1.70. The van der Waals surface area contributed by atoms with Crippen LogP contribution in [-0.2, 0) is 11.2 Å². The maximum absolute atomic E-state index is 12.6. The monoisotopic (exact) mass is 393 g/mol. The number of hydrogen-bond donors (Lipinski definition) is 1. The number of para-hydroxylation sites is 1. The molecule has 2 aromatic rings. The van der Waals surface area contributed by atoms with Gasteiger partial charge in [0.1, 0.15) is 11.9 Å². The Bertz CT molecular complexity index is 830. The lowest BCUT2D eigenvalue weighted by molar-refractivity contribution is -0.122. The summed E-state index contributed by atoms with van der Waals surface area (Å²) in [7, 11) is 0. The molecule has 4 rings (SSSR count). The Kier molecular flexibility index (Phi) is 6.10. The van der Waals surface area contributed by atoms with Crippen molar-refractivity contribution in [2.24, 2.45) is 0 Å². The molecular weight excluding hydrogens is 366 g/mol. The maximum atomic E-state index is 12.6. The third kappa shape index (κ3) is 4.95. The molecule has 6 heteroatoms. The van der Waals surface area contributed by atoms with E-state index in [1.807, 2.05) is 53.4 Å². The molecule has 2 aliphatic heterocycles. The Morgan fingerprint density at radius 3 is 2.59 bits per heavy atom. The molecule has 0 aliphatic carbocycles. The van der Waals surface area contributed by atoms with Crippen LogP contribution in [0.2, 0.25) is 0 Å². The molecule has 0 aromatic heterocycles. The zero-order chi connectivity index (χ0) is 20.1. The minimum Gasteiger partial charge on any atom is -0.488 e. The molecule has 0 radical (unpaired) electrons. The average Bonchev–Trinajstić information content (AvgIpc) is 3.03. The van der Waals surface area contributed by atoms with Crippen LogP contribution in [-0.4, -0.2) is 67.0 Å². The maximum Gasteiger partial charge on any atom is 0.253 e. The summed E-state index contributed by atoms with van der Waals surface area (Å²) in [5.74, 6) is 0.990. The molecule has 152 valence electrons. The molecular formula is C23H27N3O3. The summed E-state index contributed by atoms with van der Waals surface area (Å²) in [5, 5.41) is 3.00. The van der Waals surface area contributed by atoms with Gasteiger partial charge in [-0.25, -0.2) is 0 Å². The van der Waals surface area contributed by atoms with Crippen LogP contribution in [0.25, 0.3) is 0 Å². The number of nitrogens with zero attached hydrogens (tertiary/aromatic N) is 2. The number of benzene rings is 2. The number of ether oxygens (including phenoxy) is 1. The molecule has 2 heterocycles. The molecule has 1 N–H and O–H groups in total. The summed E-state index contributed by atoms with van der Waals surface area (Å²) in [4.78, 5) is 29.0. The molecule has 2 amide bonds. The van der Waals surface area contributed by atoms with Crippen LogP contribution in [0.5, 0.6) is 5.75 Å². The average molecular weight is 393 g/mol. The van der Waals surface area contributed by atoms with Gasteiger partial charge in [-0.05, 0) is 30.2 Å². The lowest BCUT2D eigenvalue weighted by atomic mass is 10.1. The Labute approximate surface area is 171 Å². The highest BCUT2D eigenvalue weighted by molar-refractivity contribution is 5.94. The number of rotatable bonds is 5. The van der Waals surface area contributed by atoms with Crippen molar-refractivity contribution in [1.29, 1.82) is 0 Å². The molecule has 1 fully saturated rings. The van der Waals surface area contributed by atoms with E-state index in [2.05, 4.69) is 16.3 Å². The third-order valence-corrected chi connectivity index (χ3v) is 5.50. The zero-order valence-electron chi connectivity index (χ0n) is 16.5. The highest BCUT2D eigenvalue weighted by Gasteiger charge is 2.24. The van der Waals surface area contributed by atoms with Crippen molar-refractivity contribution in [3.63, 3.8) is 0 Å². The van der Waals surface area contributed by atoms with Crippen LogP contribution in [0.4, 0.5) is 0 Å². The molecule has 0 bridgehead atoms. The van der Waals surface area contributed by atoms with Gasteiger partial charge in [0.05, 0.1) is 13.1 Å². The number of nitrogens with one attached hydrogen (secondary N) is 1. The van der Waals surface area contributed by atoms with Gasteiger partial charge in [-0.3, -0.25) is 14.5 Å². The van der Waals surface area contributed by atoms with Crippen molar-refractivity contribution in [2.45, 2.75) is 18.9 Å². The highest BCUT2D eigenvalue weighted by atomic mass is 16.5. The fraction of sp³-hybridized carbons (Fsp3) is 0.391. The van der Waals surface area contributed by atoms with E-state index in [4.69, 9.17) is 4.74 Å². The molecule has 0 spiro atoms. The van der Waals surface area contributed by atoms with Gasteiger partial charge in [0.2, 0.25) is 5.91 Å². The predicted octanol–water partition coefficient (Wildman–Crippen LogP) is 1.95. The Balaban J connectivity index is 1.21. The first-order valence-corrected chi connectivity index (χ1v) is 10.3. The number of amides is 2. The molecule has 2 aliphatic rings. The highest BCUT2D eigenvalue weighted by Crippen LogP contribution is 2.27. The summed E-state index contributed by atoms with van der Waals surface area (Å²) in [6.45, 7) is 3.75. The van der Waals surface area contributed by atoms with Crippen LogP contribution in [0.3, 0.4) is 0 Å². The van der Waals surface area contributed by atoms with E-state index in [1.54, 1.807) is 0 Å². The van der Waals surface area contributed by atoms with E-state index >= 15 is 0 Å². The first kappa shape index (κ1) is 19.5. The number of carbonyl (C=O) groups excluding carboxylic acids is 2. The van der Waals surface area contributed by atoms with E-state index in [-0.39, 0.29) is 17.9 Å². The second kappa shape index (κ2) is 9.09. The molecule has 1 saturated heterocycles.